The van der Waals surface area contributed by atoms with Gasteiger partial charge in [-0.2, -0.15) is 0 Å². The maximum absolute atomic E-state index is 13.7. The van der Waals surface area contributed by atoms with Gasteiger partial charge in [-0.15, -0.1) is 0 Å². The van der Waals surface area contributed by atoms with E-state index in [-0.39, 0.29) is 5.82 Å². The van der Waals surface area contributed by atoms with Crippen molar-refractivity contribution in [1.82, 2.24) is 9.97 Å². The number of aromatic nitrogens is 2. The molecule has 3 nitrogen and oxygen atoms in total. The first-order valence-corrected chi connectivity index (χ1v) is 5.70. The van der Waals surface area contributed by atoms with E-state index in [0.717, 1.165) is 6.07 Å². The van der Waals surface area contributed by atoms with Crippen LogP contribution < -0.4 is 5.56 Å². The third kappa shape index (κ3) is 1.95. The van der Waals surface area contributed by atoms with Gasteiger partial charge in [-0.25, -0.2) is 18.2 Å². The van der Waals surface area contributed by atoms with Gasteiger partial charge in [-0.1, -0.05) is 12.1 Å². The van der Waals surface area contributed by atoms with E-state index in [9.17, 15) is 18.0 Å². The van der Waals surface area contributed by atoms with E-state index in [0.29, 0.717) is 17.0 Å². The summed E-state index contributed by atoms with van der Waals surface area (Å²) in [4.78, 5) is 18.2. The molecule has 3 aromatic rings. The van der Waals surface area contributed by atoms with Crippen molar-refractivity contribution >= 4 is 10.9 Å². The molecule has 100 valence electrons. The largest absolute Gasteiger partial charge is 0.306 e. The summed E-state index contributed by atoms with van der Waals surface area (Å²) in [6, 6.07) is 7.63. The Morgan fingerprint density at radius 3 is 2.60 bits per heavy atom. The van der Waals surface area contributed by atoms with Crippen LogP contribution in [-0.4, -0.2) is 9.97 Å². The Balaban J connectivity index is 2.33. The normalized spacial score (nSPS) is 10.9. The number of para-hydroxylation sites is 1. The SMILES string of the molecule is O=c1[nH]c(-c2cc(F)cc(F)c2F)nc2ccccc12. The second-order valence-electron chi connectivity index (χ2n) is 4.18. The average molecular weight is 276 g/mol. The lowest BCUT2D eigenvalue weighted by atomic mass is 10.1. The predicted octanol–water partition coefficient (Wildman–Crippen LogP) is 3.01. The van der Waals surface area contributed by atoms with Crippen LogP contribution in [0.1, 0.15) is 0 Å². The van der Waals surface area contributed by atoms with Crippen molar-refractivity contribution in [2.45, 2.75) is 0 Å². The zero-order chi connectivity index (χ0) is 14.3. The van der Waals surface area contributed by atoms with Crippen LogP contribution in [0.2, 0.25) is 0 Å². The van der Waals surface area contributed by atoms with Gasteiger partial charge in [-0.05, 0) is 18.2 Å². The van der Waals surface area contributed by atoms with E-state index in [1.54, 1.807) is 24.3 Å². The van der Waals surface area contributed by atoms with E-state index in [1.807, 2.05) is 0 Å². The van der Waals surface area contributed by atoms with Crippen molar-refractivity contribution in [3.05, 3.63) is 64.2 Å². The molecular formula is C14H7F3N2O. The van der Waals surface area contributed by atoms with Gasteiger partial charge in [0.2, 0.25) is 0 Å². The fourth-order valence-electron chi connectivity index (χ4n) is 1.94. The molecule has 1 heterocycles. The van der Waals surface area contributed by atoms with Gasteiger partial charge >= 0.3 is 0 Å². The molecule has 0 atom stereocenters. The van der Waals surface area contributed by atoms with Gasteiger partial charge in [0.05, 0.1) is 16.5 Å². The molecule has 1 N–H and O–H groups in total. The monoisotopic (exact) mass is 276 g/mol. The second kappa shape index (κ2) is 4.48. The maximum Gasteiger partial charge on any atom is 0.259 e. The fourth-order valence-corrected chi connectivity index (χ4v) is 1.94. The topological polar surface area (TPSA) is 45.8 Å². The highest BCUT2D eigenvalue weighted by molar-refractivity contribution is 5.79. The zero-order valence-electron chi connectivity index (χ0n) is 9.95. The van der Waals surface area contributed by atoms with Crippen LogP contribution >= 0.6 is 0 Å². The van der Waals surface area contributed by atoms with Crippen LogP contribution in [-0.2, 0) is 0 Å². The Bertz CT molecular complexity index is 874. The minimum Gasteiger partial charge on any atom is -0.306 e. The molecule has 0 aliphatic rings. The van der Waals surface area contributed by atoms with E-state index in [4.69, 9.17) is 0 Å². The molecule has 2 aromatic carbocycles. The van der Waals surface area contributed by atoms with Crippen LogP contribution in [0, 0.1) is 17.5 Å². The summed E-state index contributed by atoms with van der Waals surface area (Å²) in [7, 11) is 0. The standard InChI is InChI=1S/C14H7F3N2O/c15-7-5-9(12(17)10(16)6-7)13-18-11-4-2-1-3-8(11)14(20)19-13/h1-6H,(H,18,19,20). The van der Waals surface area contributed by atoms with Crippen LogP contribution in [0.3, 0.4) is 0 Å². The number of hydrogen-bond acceptors (Lipinski definition) is 2. The third-order valence-corrected chi connectivity index (χ3v) is 2.86. The molecule has 0 radical (unpaired) electrons. The molecule has 6 heteroatoms. The van der Waals surface area contributed by atoms with Gasteiger partial charge in [0.15, 0.2) is 11.6 Å². The number of halogens is 3. The Labute approximate surface area is 110 Å². The lowest BCUT2D eigenvalue weighted by molar-refractivity contribution is 0.497. The number of rotatable bonds is 1. The van der Waals surface area contributed by atoms with Gasteiger partial charge in [-0.3, -0.25) is 4.79 Å². The minimum atomic E-state index is -1.34. The molecule has 20 heavy (non-hydrogen) atoms. The van der Waals surface area contributed by atoms with Crippen LogP contribution in [0.15, 0.2) is 41.2 Å². The summed E-state index contributed by atoms with van der Waals surface area (Å²) >= 11 is 0. The number of H-pyrrole nitrogens is 1. The number of fused-ring (bicyclic) bond motifs is 1. The Morgan fingerprint density at radius 2 is 1.80 bits per heavy atom. The highest BCUT2D eigenvalue weighted by Crippen LogP contribution is 2.23. The molecule has 0 unspecified atom stereocenters. The summed E-state index contributed by atoms with van der Waals surface area (Å²) in [6.45, 7) is 0. The van der Waals surface area contributed by atoms with Crippen molar-refractivity contribution in [1.29, 1.82) is 0 Å². The molecule has 0 amide bonds. The summed E-state index contributed by atoms with van der Waals surface area (Å²) in [5, 5.41) is 0.313. The van der Waals surface area contributed by atoms with Gasteiger partial charge in [0.1, 0.15) is 11.6 Å². The van der Waals surface area contributed by atoms with Crippen molar-refractivity contribution in [2.24, 2.45) is 0 Å². The zero-order valence-corrected chi connectivity index (χ0v) is 9.95. The van der Waals surface area contributed by atoms with Crippen molar-refractivity contribution in [3.63, 3.8) is 0 Å². The van der Waals surface area contributed by atoms with E-state index >= 15 is 0 Å². The molecule has 0 bridgehead atoms. The van der Waals surface area contributed by atoms with Crippen molar-refractivity contribution < 1.29 is 13.2 Å². The molecular weight excluding hydrogens is 269 g/mol. The molecule has 0 saturated heterocycles. The predicted molar refractivity (Wildman–Crippen MR) is 67.7 cm³/mol. The van der Waals surface area contributed by atoms with E-state index in [2.05, 4.69) is 9.97 Å². The van der Waals surface area contributed by atoms with Crippen LogP contribution in [0.25, 0.3) is 22.3 Å². The van der Waals surface area contributed by atoms with Crippen molar-refractivity contribution in [2.75, 3.05) is 0 Å². The average Bonchev–Trinajstić information content (AvgIpc) is 2.43. The molecule has 0 spiro atoms. The summed E-state index contributed by atoms with van der Waals surface area (Å²) < 4.78 is 40.1. The van der Waals surface area contributed by atoms with E-state index < -0.39 is 28.6 Å². The molecule has 0 aliphatic carbocycles. The van der Waals surface area contributed by atoms with Gasteiger partial charge in [0, 0.05) is 6.07 Å². The van der Waals surface area contributed by atoms with Gasteiger partial charge < -0.3 is 4.98 Å². The third-order valence-electron chi connectivity index (χ3n) is 2.86. The lowest BCUT2D eigenvalue weighted by Crippen LogP contribution is -2.10. The van der Waals surface area contributed by atoms with Crippen LogP contribution in [0.4, 0.5) is 13.2 Å². The first-order chi connectivity index (χ1) is 9.56. The Hall–Kier alpha value is -2.63. The van der Waals surface area contributed by atoms with E-state index in [1.165, 1.54) is 0 Å². The smallest absolute Gasteiger partial charge is 0.259 e. The highest BCUT2D eigenvalue weighted by Gasteiger charge is 2.15. The Kier molecular flexibility index (Phi) is 2.78. The highest BCUT2D eigenvalue weighted by atomic mass is 19.2. The first-order valence-electron chi connectivity index (χ1n) is 5.70. The van der Waals surface area contributed by atoms with Gasteiger partial charge in [0.25, 0.3) is 5.56 Å². The quantitative estimate of drug-likeness (QED) is 0.694. The number of nitrogens with one attached hydrogen (secondary N) is 1. The Morgan fingerprint density at radius 1 is 1.05 bits per heavy atom. The fraction of sp³-hybridized carbons (Fsp3) is 0. The molecule has 0 aliphatic heterocycles. The number of nitrogens with zero attached hydrogens (tertiary/aromatic N) is 1. The number of benzene rings is 2. The maximum atomic E-state index is 13.7. The second-order valence-corrected chi connectivity index (χ2v) is 4.18. The first kappa shape index (κ1) is 12.4. The number of hydrogen-bond donors (Lipinski definition) is 1. The summed E-state index contributed by atoms with van der Waals surface area (Å²) in [6.07, 6.45) is 0. The molecule has 3 rings (SSSR count). The lowest BCUT2D eigenvalue weighted by Gasteiger charge is -2.05. The summed E-state index contributed by atoms with van der Waals surface area (Å²) in [5.74, 6) is -3.76. The minimum absolute atomic E-state index is 0.218. The molecule has 0 saturated carbocycles. The van der Waals surface area contributed by atoms with Crippen molar-refractivity contribution in [3.8, 4) is 11.4 Å². The van der Waals surface area contributed by atoms with Crippen LogP contribution in [0.5, 0.6) is 0 Å². The number of aromatic amines is 1. The molecule has 0 fully saturated rings. The molecule has 1 aromatic heterocycles. The summed E-state index contributed by atoms with van der Waals surface area (Å²) in [5.41, 5.74) is -0.615.